The summed E-state index contributed by atoms with van der Waals surface area (Å²) in [7, 11) is 3.29. The number of halogens is 1. The van der Waals surface area contributed by atoms with Crippen LogP contribution in [0.1, 0.15) is 17.7 Å². The van der Waals surface area contributed by atoms with Gasteiger partial charge in [-0.15, -0.1) is 0 Å². The van der Waals surface area contributed by atoms with E-state index in [9.17, 15) is 4.39 Å². The lowest BCUT2D eigenvalue weighted by Crippen LogP contribution is -2.50. The minimum absolute atomic E-state index is 0.261. The van der Waals surface area contributed by atoms with Gasteiger partial charge in [-0.2, -0.15) is 0 Å². The summed E-state index contributed by atoms with van der Waals surface area (Å²) in [6.45, 7) is 2.50. The zero-order valence-electron chi connectivity index (χ0n) is 17.2. The second-order valence-corrected chi connectivity index (χ2v) is 7.97. The van der Waals surface area contributed by atoms with Crippen LogP contribution in [-0.2, 0) is 12.8 Å². The first-order valence-corrected chi connectivity index (χ1v) is 10.3. The number of fused-ring (bicyclic) bond motifs is 2. The third-order valence-electron chi connectivity index (χ3n) is 6.13. The Morgan fingerprint density at radius 1 is 1.17 bits per heavy atom. The van der Waals surface area contributed by atoms with Crippen LogP contribution < -0.4 is 19.7 Å². The second-order valence-electron chi connectivity index (χ2n) is 7.97. The smallest absolute Gasteiger partial charge is 0.164 e. The van der Waals surface area contributed by atoms with Gasteiger partial charge in [0.05, 0.1) is 31.6 Å². The average molecular weight is 408 g/mol. The lowest BCUT2D eigenvalue weighted by atomic mass is 9.98. The Hall–Kier alpha value is -3.09. The van der Waals surface area contributed by atoms with E-state index in [0.717, 1.165) is 55.5 Å². The molecule has 1 saturated heterocycles. The van der Waals surface area contributed by atoms with Crippen molar-refractivity contribution in [2.75, 3.05) is 44.1 Å². The van der Waals surface area contributed by atoms with Crippen molar-refractivity contribution in [3.8, 4) is 11.5 Å². The Bertz CT molecular complexity index is 1100. The van der Waals surface area contributed by atoms with Gasteiger partial charge < -0.3 is 19.7 Å². The molecule has 0 saturated carbocycles. The Labute approximate surface area is 175 Å². The summed E-state index contributed by atoms with van der Waals surface area (Å²) in [5.41, 5.74) is 5.19. The highest BCUT2D eigenvalue weighted by Gasteiger charge is 2.29. The molecule has 2 aromatic heterocycles. The van der Waals surface area contributed by atoms with E-state index in [0.29, 0.717) is 23.1 Å². The highest BCUT2D eigenvalue weighted by molar-refractivity contribution is 5.96. The summed E-state index contributed by atoms with van der Waals surface area (Å²) < 4.78 is 24.9. The summed E-state index contributed by atoms with van der Waals surface area (Å²) in [6.07, 6.45) is 6.08. The predicted octanol–water partition coefficient (Wildman–Crippen LogP) is 3.82. The fraction of sp³-hybridized carbons (Fsp3) is 0.391. The van der Waals surface area contributed by atoms with Crippen LogP contribution in [0.4, 0.5) is 15.8 Å². The summed E-state index contributed by atoms with van der Waals surface area (Å²) in [5.74, 6) is 1.59. The number of hydrogen-bond donors (Lipinski definition) is 1. The maximum atomic E-state index is 13.9. The highest BCUT2D eigenvalue weighted by Crippen LogP contribution is 2.40. The quantitative estimate of drug-likeness (QED) is 0.669. The molecule has 3 aromatic rings. The maximum Gasteiger partial charge on any atom is 0.164 e. The molecule has 0 amide bonds. The Balaban J connectivity index is 1.38. The summed E-state index contributed by atoms with van der Waals surface area (Å²) >= 11 is 0. The Kier molecular flexibility index (Phi) is 4.81. The van der Waals surface area contributed by atoms with Gasteiger partial charge in [-0.3, -0.25) is 9.97 Å². The van der Waals surface area contributed by atoms with Crippen LogP contribution in [0.5, 0.6) is 11.5 Å². The molecular weight excluding hydrogens is 383 g/mol. The van der Waals surface area contributed by atoms with Crippen molar-refractivity contribution in [3.05, 3.63) is 47.7 Å². The van der Waals surface area contributed by atoms with Crippen LogP contribution in [-0.4, -0.2) is 43.8 Å². The monoisotopic (exact) mass is 408 g/mol. The van der Waals surface area contributed by atoms with Gasteiger partial charge in [0.15, 0.2) is 17.3 Å². The topological polar surface area (TPSA) is 59.5 Å². The van der Waals surface area contributed by atoms with Crippen molar-refractivity contribution in [3.63, 3.8) is 0 Å². The van der Waals surface area contributed by atoms with Gasteiger partial charge in [-0.05, 0) is 37.0 Å². The Morgan fingerprint density at radius 2 is 1.97 bits per heavy atom. The fourth-order valence-corrected chi connectivity index (χ4v) is 4.56. The van der Waals surface area contributed by atoms with Crippen molar-refractivity contribution >= 4 is 22.3 Å². The number of rotatable bonds is 6. The number of nitrogens with one attached hydrogen (secondary N) is 1. The second kappa shape index (κ2) is 7.63. The number of benzene rings is 1. The zero-order chi connectivity index (χ0) is 20.7. The molecule has 1 aromatic carbocycles. The number of pyridine rings is 2. The number of ether oxygens (including phenoxy) is 2. The van der Waals surface area contributed by atoms with E-state index in [1.54, 1.807) is 26.5 Å². The van der Waals surface area contributed by atoms with E-state index < -0.39 is 0 Å². The standard InChI is InChI=1S/C23H25FN4O2/c1-29-21-8-16-19(9-22(21)30-2)27-18-5-3-4-15(18)23(16)26-10-14-12-28(13-14)20-6-7-25-11-17(20)24/h6-9,11,14H,3-5,10,12-13H2,1-2H3,(H,26,27). The molecule has 6 nitrogen and oxygen atoms in total. The molecule has 2 aliphatic rings. The molecule has 156 valence electrons. The van der Waals surface area contributed by atoms with Crippen LogP contribution in [0, 0.1) is 11.7 Å². The lowest BCUT2D eigenvalue weighted by molar-refractivity contribution is 0.356. The van der Waals surface area contributed by atoms with Gasteiger partial charge in [0.25, 0.3) is 0 Å². The van der Waals surface area contributed by atoms with Gasteiger partial charge in [0.1, 0.15) is 0 Å². The largest absolute Gasteiger partial charge is 0.493 e. The van der Waals surface area contributed by atoms with Gasteiger partial charge in [0, 0.05) is 54.6 Å². The van der Waals surface area contributed by atoms with Crippen LogP contribution in [0.3, 0.4) is 0 Å². The molecule has 7 heteroatoms. The van der Waals surface area contributed by atoms with Crippen molar-refractivity contribution in [2.45, 2.75) is 19.3 Å². The van der Waals surface area contributed by atoms with Crippen molar-refractivity contribution in [1.82, 2.24) is 9.97 Å². The van der Waals surface area contributed by atoms with Gasteiger partial charge in [0.2, 0.25) is 0 Å². The van der Waals surface area contributed by atoms with E-state index in [2.05, 4.69) is 15.2 Å². The van der Waals surface area contributed by atoms with Gasteiger partial charge in [-0.1, -0.05) is 0 Å². The minimum atomic E-state index is -0.261. The third-order valence-corrected chi connectivity index (χ3v) is 6.13. The molecule has 1 fully saturated rings. The first-order valence-electron chi connectivity index (χ1n) is 10.3. The molecule has 1 N–H and O–H groups in total. The number of anilines is 2. The van der Waals surface area contributed by atoms with Crippen molar-refractivity contribution < 1.29 is 13.9 Å². The number of hydrogen-bond acceptors (Lipinski definition) is 6. The number of aryl methyl sites for hydroxylation is 1. The van der Waals surface area contributed by atoms with Crippen molar-refractivity contribution in [1.29, 1.82) is 0 Å². The molecule has 0 radical (unpaired) electrons. The normalized spacial score (nSPS) is 15.8. The molecule has 1 aliphatic carbocycles. The van der Waals surface area contributed by atoms with Crippen LogP contribution in [0.2, 0.25) is 0 Å². The molecule has 0 atom stereocenters. The van der Waals surface area contributed by atoms with Gasteiger partial charge in [-0.25, -0.2) is 4.39 Å². The first-order chi connectivity index (χ1) is 14.7. The summed E-state index contributed by atoms with van der Waals surface area (Å²) in [5, 5.41) is 4.76. The summed E-state index contributed by atoms with van der Waals surface area (Å²) in [4.78, 5) is 10.8. The molecule has 0 unspecified atom stereocenters. The van der Waals surface area contributed by atoms with E-state index in [1.165, 1.54) is 17.5 Å². The molecule has 0 bridgehead atoms. The predicted molar refractivity (Wildman–Crippen MR) is 115 cm³/mol. The van der Waals surface area contributed by atoms with E-state index in [-0.39, 0.29) is 5.82 Å². The fourth-order valence-electron chi connectivity index (χ4n) is 4.56. The third kappa shape index (κ3) is 3.18. The Morgan fingerprint density at radius 3 is 2.73 bits per heavy atom. The molecule has 3 heterocycles. The van der Waals surface area contributed by atoms with Crippen LogP contribution in [0.15, 0.2) is 30.6 Å². The molecule has 30 heavy (non-hydrogen) atoms. The molecule has 0 spiro atoms. The number of nitrogens with zero attached hydrogens (tertiary/aromatic N) is 3. The molecular formula is C23H25FN4O2. The van der Waals surface area contributed by atoms with E-state index in [1.807, 2.05) is 12.1 Å². The minimum Gasteiger partial charge on any atom is -0.493 e. The molecule has 1 aliphatic heterocycles. The van der Waals surface area contributed by atoms with E-state index >= 15 is 0 Å². The average Bonchev–Trinajstić information content (AvgIpc) is 3.20. The first kappa shape index (κ1) is 18.9. The SMILES string of the molecule is COc1cc2nc3c(c(NCC4CN(c5ccncc5F)C4)c2cc1OC)CCC3. The zero-order valence-corrected chi connectivity index (χ0v) is 17.2. The lowest BCUT2D eigenvalue weighted by Gasteiger charge is -2.41. The highest BCUT2D eigenvalue weighted by atomic mass is 19.1. The number of aromatic nitrogens is 2. The number of methoxy groups -OCH3 is 2. The van der Waals surface area contributed by atoms with E-state index in [4.69, 9.17) is 14.5 Å². The summed E-state index contributed by atoms with van der Waals surface area (Å²) in [6, 6.07) is 5.71. The van der Waals surface area contributed by atoms with Gasteiger partial charge >= 0.3 is 0 Å². The van der Waals surface area contributed by atoms with Crippen LogP contribution >= 0.6 is 0 Å². The van der Waals surface area contributed by atoms with Crippen LogP contribution in [0.25, 0.3) is 10.9 Å². The van der Waals surface area contributed by atoms with Crippen molar-refractivity contribution in [2.24, 2.45) is 5.92 Å². The maximum absolute atomic E-state index is 13.9. The molecule has 5 rings (SSSR count).